The van der Waals surface area contributed by atoms with Crippen LogP contribution < -0.4 is 0 Å². The zero-order valence-corrected chi connectivity index (χ0v) is 40.3. The van der Waals surface area contributed by atoms with E-state index in [4.69, 9.17) is 8.83 Å². The van der Waals surface area contributed by atoms with Crippen LogP contribution in [-0.4, -0.2) is 0 Å². The Labute approximate surface area is 426 Å². The highest BCUT2D eigenvalue weighted by Gasteiger charge is 2.27. The molecule has 0 bridgehead atoms. The van der Waals surface area contributed by atoms with Crippen LogP contribution in [0.1, 0.15) is 17.7 Å². The molecule has 0 aliphatic heterocycles. The number of rotatable bonds is 5. The second kappa shape index (κ2) is 16.0. The fourth-order valence-electron chi connectivity index (χ4n) is 12.8. The van der Waals surface area contributed by atoms with Gasteiger partial charge in [-0.25, -0.2) is 0 Å². The molecule has 1 aliphatic rings. The van der Waals surface area contributed by atoms with Crippen molar-refractivity contribution in [3.8, 4) is 55.6 Å². The topological polar surface area (TPSA) is 26.3 Å². The maximum atomic E-state index is 7.10. The number of allylic oxidation sites excluding steroid dienone is 1. The summed E-state index contributed by atoms with van der Waals surface area (Å²) in [4.78, 5) is 0. The molecule has 1 aliphatic carbocycles. The van der Waals surface area contributed by atoms with Gasteiger partial charge in [0.1, 0.15) is 22.5 Å². The van der Waals surface area contributed by atoms with Crippen molar-refractivity contribution in [1.29, 1.82) is 0 Å². The Kier molecular flexibility index (Phi) is 8.90. The SMILES string of the molecule is C1=Cc2oc3c(-c4cc(-c5c6ccccc6c(-c6ccc7ccccc7c6)c6ccccc56)cc(-c5c6ccccc6c(-c6ccc7ccccc7c6)c6ccccc56)c4)cc4c5ccccc5oc4c3c2CC1. The Balaban J connectivity index is 1.04. The first-order valence-corrected chi connectivity index (χ1v) is 25.8. The predicted molar refractivity (Wildman–Crippen MR) is 313 cm³/mol. The minimum Gasteiger partial charge on any atom is -0.456 e. The van der Waals surface area contributed by atoms with E-state index in [2.05, 4.69) is 243 Å². The molecule has 0 fully saturated rings. The molecule has 0 radical (unpaired) electrons. The van der Waals surface area contributed by atoms with Gasteiger partial charge in [0.2, 0.25) is 0 Å². The summed E-state index contributed by atoms with van der Waals surface area (Å²) in [6.07, 6.45) is 6.24. The summed E-state index contributed by atoms with van der Waals surface area (Å²) in [5, 5.41) is 17.9. The van der Waals surface area contributed by atoms with Crippen LogP contribution in [-0.2, 0) is 6.42 Å². The van der Waals surface area contributed by atoms with Crippen LogP contribution in [0.4, 0.5) is 0 Å². The summed E-state index contributed by atoms with van der Waals surface area (Å²) in [6.45, 7) is 0. The van der Waals surface area contributed by atoms with Crippen molar-refractivity contribution < 1.29 is 8.83 Å². The van der Waals surface area contributed by atoms with Gasteiger partial charge in [0.15, 0.2) is 0 Å². The van der Waals surface area contributed by atoms with Crippen molar-refractivity contribution in [1.82, 2.24) is 0 Å². The lowest BCUT2D eigenvalue weighted by molar-refractivity contribution is 0.596. The zero-order chi connectivity index (χ0) is 48.4. The van der Waals surface area contributed by atoms with Crippen molar-refractivity contribution in [2.24, 2.45) is 0 Å². The number of hydrogen-bond acceptors (Lipinski definition) is 2. The number of benzene rings is 13. The van der Waals surface area contributed by atoms with Crippen LogP contribution in [0.25, 0.3) is 159 Å². The van der Waals surface area contributed by atoms with Gasteiger partial charge >= 0.3 is 0 Å². The first-order chi connectivity index (χ1) is 36.7. The summed E-state index contributed by atoms with van der Waals surface area (Å²) in [5.41, 5.74) is 15.6. The molecule has 0 saturated heterocycles. The van der Waals surface area contributed by atoms with Crippen molar-refractivity contribution >= 4 is 104 Å². The van der Waals surface area contributed by atoms with Crippen molar-refractivity contribution in [2.75, 3.05) is 0 Å². The lowest BCUT2D eigenvalue weighted by Crippen LogP contribution is -1.94. The fraction of sp³-hybridized carbons (Fsp3) is 0.0278. The van der Waals surface area contributed by atoms with Gasteiger partial charge in [0, 0.05) is 21.9 Å². The van der Waals surface area contributed by atoms with Crippen molar-refractivity contribution in [3.63, 3.8) is 0 Å². The van der Waals surface area contributed by atoms with Gasteiger partial charge in [-0.2, -0.15) is 0 Å². The van der Waals surface area contributed by atoms with E-state index in [1.165, 1.54) is 104 Å². The Bertz CT molecular complexity index is 4570. The van der Waals surface area contributed by atoms with Crippen LogP contribution >= 0.6 is 0 Å². The lowest BCUT2D eigenvalue weighted by atomic mass is 9.82. The third-order valence-electron chi connectivity index (χ3n) is 16.0. The van der Waals surface area contributed by atoms with Gasteiger partial charge in [-0.1, -0.05) is 194 Å². The number of aryl methyl sites for hydroxylation is 1. The Hall–Kier alpha value is -9.50. The monoisotopic (exact) mass is 940 g/mol. The first-order valence-electron chi connectivity index (χ1n) is 25.8. The highest BCUT2D eigenvalue weighted by Crippen LogP contribution is 2.51. The molecular formula is C72H44O2. The van der Waals surface area contributed by atoms with Gasteiger partial charge in [0.25, 0.3) is 0 Å². The van der Waals surface area contributed by atoms with Crippen LogP contribution in [0.3, 0.4) is 0 Å². The smallest absolute Gasteiger partial charge is 0.146 e. The number of hydrogen-bond donors (Lipinski definition) is 0. The Morgan fingerprint density at radius 2 is 0.716 bits per heavy atom. The van der Waals surface area contributed by atoms with Gasteiger partial charge in [0.05, 0.1) is 5.39 Å². The van der Waals surface area contributed by atoms with E-state index >= 15 is 0 Å². The summed E-state index contributed by atoms with van der Waals surface area (Å²) < 4.78 is 13.9. The molecule has 0 N–H and O–H groups in total. The molecule has 0 atom stereocenters. The van der Waals surface area contributed by atoms with Gasteiger partial charge in [-0.15, -0.1) is 0 Å². The second-order valence-corrected chi connectivity index (χ2v) is 20.1. The molecule has 0 saturated carbocycles. The third kappa shape index (κ3) is 6.12. The van der Waals surface area contributed by atoms with Gasteiger partial charge in [-0.3, -0.25) is 0 Å². The van der Waals surface area contributed by atoms with Gasteiger partial charge < -0.3 is 8.83 Å². The zero-order valence-electron chi connectivity index (χ0n) is 40.3. The summed E-state index contributed by atoms with van der Waals surface area (Å²) >= 11 is 0. The van der Waals surface area contributed by atoms with E-state index in [0.717, 1.165) is 73.8 Å². The standard InChI is InChI=1S/C72H44O2/c1-3-19-45-37-47(35-33-43(45)17-1)66-53-22-5-9-26-57(53)68(58-27-10-6-23-54(58)66)50-39-49(62-42-63-52-21-13-15-31-64(52)73-72(63)70-61-30-14-16-32-65(61)74-71(62)70)40-51(41-50)69-59-28-11-7-24-55(59)67(56-25-8-12-29-60(56)69)48-36-34-44-18-2-4-20-46(44)38-48/h1-13,15-29,31-42H,14,30H2. The fourth-order valence-corrected chi connectivity index (χ4v) is 12.8. The van der Waals surface area contributed by atoms with E-state index in [-0.39, 0.29) is 0 Å². The molecule has 2 heteroatoms. The van der Waals surface area contributed by atoms with Crippen LogP contribution in [0, 0.1) is 0 Å². The van der Waals surface area contributed by atoms with Crippen LogP contribution in [0.15, 0.2) is 245 Å². The molecule has 2 nitrogen and oxygen atoms in total. The Morgan fingerprint density at radius 3 is 1.22 bits per heavy atom. The first kappa shape index (κ1) is 41.2. The average molecular weight is 941 g/mol. The molecule has 15 aromatic rings. The van der Waals surface area contributed by atoms with E-state index in [1.807, 2.05) is 0 Å². The molecule has 0 spiro atoms. The van der Waals surface area contributed by atoms with Crippen LogP contribution in [0.5, 0.6) is 0 Å². The predicted octanol–water partition coefficient (Wildman–Crippen LogP) is 20.5. The van der Waals surface area contributed by atoms with Crippen molar-refractivity contribution in [3.05, 3.63) is 248 Å². The average Bonchev–Trinajstić information content (AvgIpc) is 4.09. The third-order valence-corrected chi connectivity index (χ3v) is 16.0. The molecule has 344 valence electrons. The van der Waals surface area contributed by atoms with E-state index in [0.29, 0.717) is 0 Å². The maximum absolute atomic E-state index is 7.10. The molecule has 0 unspecified atom stereocenters. The molecule has 16 rings (SSSR count). The minimum atomic E-state index is 0.860. The van der Waals surface area contributed by atoms with E-state index < -0.39 is 0 Å². The molecule has 2 heterocycles. The quantitative estimate of drug-likeness (QED) is 0.161. The Morgan fingerprint density at radius 1 is 0.297 bits per heavy atom. The van der Waals surface area contributed by atoms with E-state index in [1.54, 1.807) is 0 Å². The van der Waals surface area contributed by atoms with Crippen molar-refractivity contribution in [2.45, 2.75) is 12.8 Å². The molecule has 13 aromatic carbocycles. The summed E-state index contributed by atoms with van der Waals surface area (Å²) in [6, 6.07) is 85.4. The lowest BCUT2D eigenvalue weighted by Gasteiger charge is -2.21. The minimum absolute atomic E-state index is 0.860. The van der Waals surface area contributed by atoms with Crippen LogP contribution in [0.2, 0.25) is 0 Å². The van der Waals surface area contributed by atoms with Gasteiger partial charge in [-0.05, 0) is 176 Å². The van der Waals surface area contributed by atoms with E-state index in [9.17, 15) is 0 Å². The molecule has 0 amide bonds. The number of furan rings is 2. The normalized spacial score (nSPS) is 12.7. The largest absolute Gasteiger partial charge is 0.456 e. The summed E-state index contributed by atoms with van der Waals surface area (Å²) in [7, 11) is 0. The second-order valence-electron chi connectivity index (χ2n) is 20.1. The highest BCUT2D eigenvalue weighted by atomic mass is 16.3. The molecule has 2 aromatic heterocycles. The maximum Gasteiger partial charge on any atom is 0.146 e. The summed E-state index contributed by atoms with van der Waals surface area (Å²) in [5.74, 6) is 0.916. The molecular weight excluding hydrogens is 897 g/mol. The number of fused-ring (bicyclic) bond motifs is 13. The molecule has 74 heavy (non-hydrogen) atoms. The highest BCUT2D eigenvalue weighted by molar-refractivity contribution is 6.25. The number of para-hydroxylation sites is 1.